The zero-order chi connectivity index (χ0) is 10.8. The normalized spacial score (nSPS) is 14.6. The first kappa shape index (κ1) is 10.6. The molecule has 0 fully saturated rings. The third-order valence-corrected chi connectivity index (χ3v) is 3.10. The molecule has 1 aromatic carbocycles. The number of nitrogens with zero attached hydrogens (tertiary/aromatic N) is 2. The summed E-state index contributed by atoms with van der Waals surface area (Å²) in [6.07, 6.45) is 0. The van der Waals surface area contributed by atoms with E-state index >= 15 is 0 Å². The lowest BCUT2D eigenvalue weighted by atomic mass is 10.3. The quantitative estimate of drug-likeness (QED) is 0.707. The Hall–Kier alpha value is -0.870. The summed E-state index contributed by atoms with van der Waals surface area (Å²) in [5.74, 6) is 0. The maximum Gasteiger partial charge on any atom is 0.302 e. The Morgan fingerprint density at radius 3 is 3.07 bits per heavy atom. The highest BCUT2D eigenvalue weighted by Crippen LogP contribution is 2.37. The van der Waals surface area contributed by atoms with E-state index in [0.29, 0.717) is 12.6 Å². The molecule has 1 aliphatic rings. The predicted molar refractivity (Wildman–Crippen MR) is 63.8 cm³/mol. The Labute approximate surface area is 98.2 Å². The Balaban J connectivity index is 2.36. The van der Waals surface area contributed by atoms with Gasteiger partial charge in [0, 0.05) is 12.1 Å². The van der Waals surface area contributed by atoms with E-state index in [4.69, 9.17) is 16.3 Å². The van der Waals surface area contributed by atoms with Gasteiger partial charge in [-0.25, -0.2) is 0 Å². The largest absolute Gasteiger partial charge is 0.465 e. The van der Waals surface area contributed by atoms with Crippen LogP contribution in [0.25, 0.3) is 0 Å². The number of aliphatic imine (C=N–C) groups is 1. The fraction of sp³-hybridized carbons (Fsp3) is 0.300. The van der Waals surface area contributed by atoms with Crippen LogP contribution in [0.5, 0.6) is 0 Å². The molecule has 0 saturated heterocycles. The fourth-order valence-corrected chi connectivity index (χ4v) is 2.36. The highest BCUT2D eigenvalue weighted by Gasteiger charge is 2.18. The molecule has 0 bridgehead atoms. The second kappa shape index (κ2) is 4.33. The number of rotatable bonds is 1. The van der Waals surface area contributed by atoms with Gasteiger partial charge in [0.1, 0.15) is 0 Å². The molecule has 3 nitrogen and oxygen atoms in total. The van der Waals surface area contributed by atoms with Crippen LogP contribution in [0, 0.1) is 0 Å². The van der Waals surface area contributed by atoms with Gasteiger partial charge in [-0.2, -0.15) is 4.99 Å². The van der Waals surface area contributed by atoms with Crippen LogP contribution in [0.3, 0.4) is 0 Å². The number of benzene rings is 1. The third-order valence-electron chi connectivity index (χ3n) is 1.92. The minimum atomic E-state index is 0.618. The van der Waals surface area contributed by atoms with Crippen molar-refractivity contribution >= 4 is 35.3 Å². The Kier molecular flexibility index (Phi) is 3.07. The third kappa shape index (κ3) is 2.21. The van der Waals surface area contributed by atoms with Crippen molar-refractivity contribution in [3.05, 3.63) is 23.2 Å². The summed E-state index contributed by atoms with van der Waals surface area (Å²) in [7, 11) is 1.92. The predicted octanol–water partition coefficient (Wildman–Crippen LogP) is 3.32. The molecule has 1 heterocycles. The Bertz CT molecular complexity index is 408. The summed E-state index contributed by atoms with van der Waals surface area (Å²) in [5, 5.41) is 0.727. The maximum absolute atomic E-state index is 5.91. The molecule has 0 saturated carbocycles. The van der Waals surface area contributed by atoms with Crippen molar-refractivity contribution < 1.29 is 4.74 Å². The lowest BCUT2D eigenvalue weighted by Gasteiger charge is -2.24. The molecule has 0 atom stereocenters. The van der Waals surface area contributed by atoms with E-state index in [9.17, 15) is 0 Å². The van der Waals surface area contributed by atoms with Gasteiger partial charge in [-0.15, -0.1) is 0 Å². The van der Waals surface area contributed by atoms with Gasteiger partial charge in [-0.1, -0.05) is 11.6 Å². The summed E-state index contributed by atoms with van der Waals surface area (Å²) in [4.78, 5) is 5.45. The summed E-state index contributed by atoms with van der Waals surface area (Å²) >= 11 is 7.48. The van der Waals surface area contributed by atoms with Gasteiger partial charge in [0.25, 0.3) is 0 Å². The second-order valence-corrected chi connectivity index (χ2v) is 4.63. The topological polar surface area (TPSA) is 24.8 Å². The molecular formula is C10H11ClN2OS. The maximum atomic E-state index is 5.91. The van der Waals surface area contributed by atoms with Crippen molar-refractivity contribution in [2.24, 2.45) is 4.99 Å². The monoisotopic (exact) mass is 242 g/mol. The van der Waals surface area contributed by atoms with Crippen molar-refractivity contribution in [1.82, 2.24) is 4.31 Å². The van der Waals surface area contributed by atoms with Crippen LogP contribution in [0.1, 0.15) is 6.92 Å². The SMILES string of the molecule is CCOC1=Nc2ccc(Cl)cc2SN1C. The van der Waals surface area contributed by atoms with E-state index in [1.54, 1.807) is 11.9 Å². The lowest BCUT2D eigenvalue weighted by Crippen LogP contribution is -2.24. The van der Waals surface area contributed by atoms with E-state index in [-0.39, 0.29) is 0 Å². The lowest BCUT2D eigenvalue weighted by molar-refractivity contribution is 0.295. The van der Waals surface area contributed by atoms with E-state index in [0.717, 1.165) is 15.6 Å². The van der Waals surface area contributed by atoms with Crippen molar-refractivity contribution in [3.8, 4) is 0 Å². The van der Waals surface area contributed by atoms with Crippen molar-refractivity contribution in [3.63, 3.8) is 0 Å². The molecule has 0 N–H and O–H groups in total. The van der Waals surface area contributed by atoms with Crippen molar-refractivity contribution in [2.75, 3.05) is 13.7 Å². The minimum absolute atomic E-state index is 0.618. The van der Waals surface area contributed by atoms with Crippen LogP contribution in [0.4, 0.5) is 5.69 Å². The first-order chi connectivity index (χ1) is 7.20. The van der Waals surface area contributed by atoms with Crippen molar-refractivity contribution in [2.45, 2.75) is 11.8 Å². The van der Waals surface area contributed by atoms with E-state index in [2.05, 4.69) is 4.99 Å². The van der Waals surface area contributed by atoms with Gasteiger partial charge in [0.15, 0.2) is 0 Å². The van der Waals surface area contributed by atoms with Gasteiger partial charge in [0.05, 0.1) is 17.2 Å². The van der Waals surface area contributed by atoms with Crippen LogP contribution in [-0.2, 0) is 4.74 Å². The summed E-state index contributed by atoms with van der Waals surface area (Å²) in [6, 6.07) is 6.28. The van der Waals surface area contributed by atoms with Gasteiger partial charge in [-0.3, -0.25) is 4.31 Å². The van der Waals surface area contributed by atoms with E-state index in [1.807, 2.05) is 36.5 Å². The number of hydrogen-bond donors (Lipinski definition) is 0. The standard InChI is InChI=1S/C10H11ClN2OS/c1-3-14-10-12-8-5-4-7(11)6-9(8)15-13(10)2/h4-6H,3H2,1-2H3. The molecule has 0 amide bonds. The number of ether oxygens (including phenoxy) is 1. The molecule has 0 aliphatic carbocycles. The summed E-state index contributed by atoms with van der Waals surface area (Å²) in [5.41, 5.74) is 0.908. The van der Waals surface area contributed by atoms with E-state index < -0.39 is 0 Å². The first-order valence-corrected chi connectivity index (χ1v) is 5.78. The zero-order valence-electron chi connectivity index (χ0n) is 8.53. The smallest absolute Gasteiger partial charge is 0.302 e. The van der Waals surface area contributed by atoms with Crippen molar-refractivity contribution in [1.29, 1.82) is 0 Å². The molecule has 1 aliphatic heterocycles. The van der Waals surface area contributed by atoms with Crippen LogP contribution in [-0.4, -0.2) is 24.0 Å². The molecule has 5 heteroatoms. The molecule has 0 radical (unpaired) electrons. The first-order valence-electron chi connectivity index (χ1n) is 4.63. The molecule has 15 heavy (non-hydrogen) atoms. The minimum Gasteiger partial charge on any atom is -0.465 e. The van der Waals surface area contributed by atoms with Gasteiger partial charge < -0.3 is 4.74 Å². The Morgan fingerprint density at radius 1 is 1.53 bits per heavy atom. The van der Waals surface area contributed by atoms with Gasteiger partial charge in [0.2, 0.25) is 0 Å². The van der Waals surface area contributed by atoms with Crippen LogP contribution in [0.2, 0.25) is 5.02 Å². The summed E-state index contributed by atoms with van der Waals surface area (Å²) in [6.45, 7) is 2.56. The van der Waals surface area contributed by atoms with E-state index in [1.165, 1.54) is 0 Å². The average Bonchev–Trinajstić information content (AvgIpc) is 2.20. The number of halogens is 1. The molecule has 0 unspecified atom stereocenters. The average molecular weight is 243 g/mol. The Morgan fingerprint density at radius 2 is 2.33 bits per heavy atom. The zero-order valence-corrected chi connectivity index (χ0v) is 10.1. The molecule has 1 aromatic rings. The molecular weight excluding hydrogens is 232 g/mol. The van der Waals surface area contributed by atoms with Crippen LogP contribution < -0.4 is 0 Å². The molecule has 0 aromatic heterocycles. The molecule has 80 valence electrons. The molecule has 0 spiro atoms. The number of amidine groups is 1. The summed E-state index contributed by atoms with van der Waals surface area (Å²) < 4.78 is 7.30. The van der Waals surface area contributed by atoms with Gasteiger partial charge in [-0.05, 0) is 37.1 Å². The number of hydrogen-bond acceptors (Lipinski definition) is 4. The highest BCUT2D eigenvalue weighted by molar-refractivity contribution is 7.97. The number of fused-ring (bicyclic) bond motifs is 1. The second-order valence-electron chi connectivity index (χ2n) is 3.03. The van der Waals surface area contributed by atoms with Crippen LogP contribution in [0.15, 0.2) is 28.1 Å². The molecule has 2 rings (SSSR count). The van der Waals surface area contributed by atoms with Gasteiger partial charge >= 0.3 is 6.02 Å². The van der Waals surface area contributed by atoms with Crippen LogP contribution >= 0.6 is 23.5 Å². The highest BCUT2D eigenvalue weighted by atomic mass is 35.5. The fourth-order valence-electron chi connectivity index (χ4n) is 1.27.